The van der Waals surface area contributed by atoms with E-state index in [2.05, 4.69) is 27.0 Å². The van der Waals surface area contributed by atoms with Gasteiger partial charge >= 0.3 is 5.97 Å². The average Bonchev–Trinajstić information content (AvgIpc) is 3.51. The van der Waals surface area contributed by atoms with E-state index in [9.17, 15) is 19.5 Å². The number of oxazole rings is 1. The van der Waals surface area contributed by atoms with Crippen LogP contribution < -0.4 is 20.7 Å². The molecule has 50 heavy (non-hydrogen) atoms. The lowest BCUT2D eigenvalue weighted by Gasteiger charge is -2.32. The van der Waals surface area contributed by atoms with Crippen molar-refractivity contribution in [3.8, 4) is 5.75 Å². The molecule has 2 aromatic carbocycles. The minimum absolute atomic E-state index is 0.0548. The highest BCUT2D eigenvalue weighted by Gasteiger charge is 2.85. The first-order valence-electron chi connectivity index (χ1n) is 17.2. The van der Waals surface area contributed by atoms with Crippen LogP contribution in [0.15, 0.2) is 51.9 Å². The van der Waals surface area contributed by atoms with Gasteiger partial charge < -0.3 is 39.7 Å². The molecule has 1 saturated carbocycles. The highest BCUT2D eigenvalue weighted by Crippen LogP contribution is 2.73. The number of esters is 1. The number of aromatic nitrogens is 1. The van der Waals surface area contributed by atoms with E-state index < -0.39 is 65.2 Å². The summed E-state index contributed by atoms with van der Waals surface area (Å²) in [6.45, 7) is 9.38. The van der Waals surface area contributed by atoms with E-state index in [1.54, 1.807) is 6.92 Å². The topological polar surface area (TPSA) is 174 Å². The molecule has 13 heteroatoms. The van der Waals surface area contributed by atoms with Gasteiger partial charge in [0.15, 0.2) is 17.5 Å². The Balaban J connectivity index is 1.33. The first kappa shape index (κ1) is 32.3. The molecule has 1 aliphatic carbocycles. The number of fused-ring (bicyclic) bond motifs is 5. The molecule has 9 rings (SSSR count). The Bertz CT molecular complexity index is 1950. The van der Waals surface area contributed by atoms with Crippen LogP contribution in [0.25, 0.3) is 0 Å². The summed E-state index contributed by atoms with van der Waals surface area (Å²) in [6, 6.07) is 12.1. The van der Waals surface area contributed by atoms with Gasteiger partial charge in [0.25, 0.3) is 0 Å². The van der Waals surface area contributed by atoms with Crippen LogP contribution in [0, 0.1) is 24.7 Å². The number of rotatable bonds is 7. The van der Waals surface area contributed by atoms with Crippen LogP contribution >= 0.6 is 0 Å². The molecule has 0 saturated heterocycles. The van der Waals surface area contributed by atoms with Crippen molar-refractivity contribution in [2.75, 3.05) is 12.4 Å². The maximum atomic E-state index is 14.1. The molecule has 13 nitrogen and oxygen atoms in total. The third kappa shape index (κ3) is 4.51. The fourth-order valence-electron chi connectivity index (χ4n) is 8.42. The Morgan fingerprint density at radius 2 is 1.88 bits per heavy atom. The summed E-state index contributed by atoms with van der Waals surface area (Å²) in [6.07, 6.45) is -1.97. The maximum Gasteiger partial charge on any atom is 0.360 e. The Labute approximate surface area is 289 Å². The van der Waals surface area contributed by atoms with Crippen molar-refractivity contribution in [2.45, 2.75) is 88.9 Å². The van der Waals surface area contributed by atoms with Gasteiger partial charge in [-0.15, -0.1) is 0 Å². The lowest BCUT2D eigenvalue weighted by Crippen LogP contribution is -2.55. The number of carbonyl (C=O) groups excluding carboxylic acids is 3. The van der Waals surface area contributed by atoms with Crippen molar-refractivity contribution in [3.63, 3.8) is 0 Å². The number of aliphatic imine (C=N–C) groups is 1. The van der Waals surface area contributed by atoms with Gasteiger partial charge in [0.05, 0.1) is 18.4 Å². The number of hydrogen-bond donors (Lipinski definition) is 4. The quantitative estimate of drug-likeness (QED) is 0.271. The zero-order valence-corrected chi connectivity index (χ0v) is 28.8. The zero-order valence-electron chi connectivity index (χ0n) is 28.8. The molecule has 6 aliphatic rings. The maximum absolute atomic E-state index is 14.1. The number of benzene rings is 2. The van der Waals surface area contributed by atoms with E-state index in [1.807, 2.05) is 64.1 Å². The predicted octanol–water partition coefficient (Wildman–Crippen LogP) is 3.11. The fourth-order valence-corrected chi connectivity index (χ4v) is 8.42. The second kappa shape index (κ2) is 11.3. The lowest BCUT2D eigenvalue weighted by atomic mass is 9.69. The molecule has 0 radical (unpaired) electrons. The Hall–Kier alpha value is -4.91. The van der Waals surface area contributed by atoms with Crippen LogP contribution in [0.1, 0.15) is 72.9 Å². The Morgan fingerprint density at radius 1 is 1.10 bits per heavy atom. The van der Waals surface area contributed by atoms with Crippen molar-refractivity contribution in [3.05, 3.63) is 76.5 Å². The van der Waals surface area contributed by atoms with Crippen LogP contribution in [0.4, 0.5) is 5.69 Å². The minimum Gasteiger partial charge on any atom is -0.472 e. The highest BCUT2D eigenvalue weighted by molar-refractivity contribution is 5.95. The van der Waals surface area contributed by atoms with Gasteiger partial charge in [0, 0.05) is 17.7 Å². The number of methoxy groups -OCH3 is 1. The number of para-hydroxylation sites is 1. The number of hydrogen-bond acceptors (Lipinski definition) is 11. The van der Waals surface area contributed by atoms with E-state index in [1.165, 1.54) is 7.11 Å². The number of ether oxygens (including phenoxy) is 3. The summed E-state index contributed by atoms with van der Waals surface area (Å²) in [5.74, 6) is -0.694. The number of anilines is 1. The van der Waals surface area contributed by atoms with Crippen molar-refractivity contribution in [1.82, 2.24) is 15.6 Å². The van der Waals surface area contributed by atoms with Gasteiger partial charge in [-0.3, -0.25) is 9.59 Å². The number of nitrogens with zero attached hydrogens (tertiary/aromatic N) is 2. The van der Waals surface area contributed by atoms with E-state index >= 15 is 0 Å². The van der Waals surface area contributed by atoms with E-state index in [0.29, 0.717) is 17.4 Å². The van der Waals surface area contributed by atoms with Crippen LogP contribution in [-0.4, -0.2) is 71.4 Å². The Morgan fingerprint density at radius 3 is 2.62 bits per heavy atom. The third-order valence-corrected chi connectivity index (χ3v) is 10.8. The number of aliphatic hydroxyl groups is 1. The molecule has 262 valence electrons. The largest absolute Gasteiger partial charge is 0.472 e. The summed E-state index contributed by atoms with van der Waals surface area (Å²) in [5, 5.41) is 20.2. The molecule has 1 fully saturated rings. The van der Waals surface area contributed by atoms with Gasteiger partial charge in [-0.05, 0) is 48.4 Å². The predicted molar refractivity (Wildman–Crippen MR) is 180 cm³/mol. The van der Waals surface area contributed by atoms with Gasteiger partial charge in [-0.2, -0.15) is 0 Å². The number of nitrogens with one attached hydrogen (secondary N) is 3. The second-order valence-corrected chi connectivity index (χ2v) is 14.7. The number of carbonyl (C=O) groups is 3. The first-order valence-corrected chi connectivity index (χ1v) is 17.2. The number of aryl methyl sites for hydroxylation is 1. The average molecular weight is 684 g/mol. The van der Waals surface area contributed by atoms with E-state index in [-0.39, 0.29) is 36.3 Å². The van der Waals surface area contributed by atoms with Crippen molar-refractivity contribution in [2.24, 2.45) is 22.7 Å². The summed E-state index contributed by atoms with van der Waals surface area (Å²) < 4.78 is 24.7. The number of aliphatic hydroxyl groups excluding tert-OH is 1. The van der Waals surface area contributed by atoms with E-state index in [0.717, 1.165) is 22.4 Å². The van der Waals surface area contributed by atoms with Crippen LogP contribution in [0.3, 0.4) is 0 Å². The van der Waals surface area contributed by atoms with Gasteiger partial charge in [0.1, 0.15) is 35.8 Å². The second-order valence-electron chi connectivity index (χ2n) is 14.7. The fraction of sp³-hybridized carbons (Fsp3) is 0.486. The smallest absolute Gasteiger partial charge is 0.360 e. The van der Waals surface area contributed by atoms with Gasteiger partial charge in [0.2, 0.25) is 23.6 Å². The van der Waals surface area contributed by atoms with Crippen molar-refractivity contribution < 1.29 is 38.1 Å². The molecular formula is C37H41N5O8. The zero-order chi connectivity index (χ0) is 35.3. The Kier molecular flexibility index (Phi) is 7.30. The lowest BCUT2D eigenvalue weighted by molar-refractivity contribution is -0.134. The third-order valence-electron chi connectivity index (χ3n) is 10.8. The van der Waals surface area contributed by atoms with Crippen molar-refractivity contribution in [1.29, 1.82) is 0 Å². The highest BCUT2D eigenvalue weighted by atomic mass is 16.5. The van der Waals surface area contributed by atoms with Crippen LogP contribution in [-0.2, 0) is 36.4 Å². The van der Waals surface area contributed by atoms with Crippen molar-refractivity contribution >= 4 is 29.4 Å². The molecule has 5 aliphatic heterocycles. The molecule has 1 spiro atoms. The van der Waals surface area contributed by atoms with Crippen LogP contribution in [0.5, 0.6) is 5.75 Å². The SMILES string of the molecule is COC(=O)c1nc(C23N=C4OC2C3C23c5ccccc5NC2Oc2ccc(cc23)CC(NC(=O)[C@@H](O)CC(C)C)C(=O)N[C@H]4C(C)C)oc1C. The normalized spacial score (nSPS) is 30.3. The summed E-state index contributed by atoms with van der Waals surface area (Å²) >= 11 is 0. The summed E-state index contributed by atoms with van der Waals surface area (Å²) in [7, 11) is 1.29. The molecule has 2 amide bonds. The standard InChI is InChI=1S/C37H41N5O8/c1-16(2)13-24(43)31(45)38-23-15-19-11-12-25-21(14-19)36(20-9-7-8-10-22(20)39-34(36)49-25)28-29-37(28,35-41-27(18(5)48-35)33(46)47-6)42-32(50-29)26(17(3)4)40-30(23)44/h7-12,14,16-17,23-24,26,28-29,34,39,43H,13,15H2,1-6H3,(H,38,45)(H,40,44)/t23?,24-,26-,28?,29?,34?,36?,37?/m0/s1. The molecule has 3 aromatic rings. The van der Waals surface area contributed by atoms with E-state index in [4.69, 9.17) is 23.6 Å². The number of amides is 2. The monoisotopic (exact) mass is 683 g/mol. The summed E-state index contributed by atoms with van der Waals surface area (Å²) in [4.78, 5) is 50.0. The molecule has 8 atom stereocenters. The molecule has 6 unspecified atom stereocenters. The van der Waals surface area contributed by atoms with Gasteiger partial charge in [-0.1, -0.05) is 58.0 Å². The molecule has 1 aromatic heterocycles. The first-order chi connectivity index (χ1) is 23.9. The summed E-state index contributed by atoms with van der Waals surface area (Å²) in [5.41, 5.74) is 1.59. The van der Waals surface area contributed by atoms with Crippen LogP contribution in [0.2, 0.25) is 0 Å². The van der Waals surface area contributed by atoms with Gasteiger partial charge in [-0.25, -0.2) is 14.8 Å². The molecule has 4 N–H and O–H groups in total. The minimum atomic E-state index is -1.27. The molecular weight excluding hydrogens is 642 g/mol. The molecule has 6 bridgehead atoms. The molecule has 6 heterocycles.